The molecule has 0 aromatic heterocycles. The molecule has 0 saturated carbocycles. The third kappa shape index (κ3) is 3.46. The van der Waals surface area contributed by atoms with Gasteiger partial charge in [0.25, 0.3) is 0 Å². The maximum Gasteiger partial charge on any atom is 0.161 e. The first-order valence-electron chi connectivity index (χ1n) is 7.41. The minimum absolute atomic E-state index is 0.124. The van der Waals surface area contributed by atoms with Crippen LogP contribution in [0.15, 0.2) is 72.8 Å². The zero-order chi connectivity index (χ0) is 16.1. The van der Waals surface area contributed by atoms with E-state index < -0.39 is 0 Å². The molecule has 3 heteroatoms. The highest BCUT2D eigenvalue weighted by Crippen LogP contribution is 2.35. The fourth-order valence-electron chi connectivity index (χ4n) is 2.41. The summed E-state index contributed by atoms with van der Waals surface area (Å²) >= 11 is 0. The zero-order valence-corrected chi connectivity index (χ0v) is 12.9. The Bertz CT molecular complexity index is 782. The summed E-state index contributed by atoms with van der Waals surface area (Å²) in [7, 11) is 1.54. The minimum atomic E-state index is 0.124. The van der Waals surface area contributed by atoms with Gasteiger partial charge in [-0.15, -0.1) is 0 Å². The number of ether oxygens (including phenoxy) is 2. The molecule has 0 amide bonds. The third-order valence-corrected chi connectivity index (χ3v) is 3.61. The molecule has 0 heterocycles. The fraction of sp³-hybridized carbons (Fsp3) is 0.100. The van der Waals surface area contributed by atoms with E-state index in [0.29, 0.717) is 12.4 Å². The van der Waals surface area contributed by atoms with Crippen molar-refractivity contribution in [3.63, 3.8) is 0 Å². The molecule has 0 saturated heterocycles. The van der Waals surface area contributed by atoms with E-state index in [1.165, 1.54) is 7.11 Å². The molecule has 23 heavy (non-hydrogen) atoms. The summed E-state index contributed by atoms with van der Waals surface area (Å²) in [5.74, 6) is 1.36. The zero-order valence-electron chi connectivity index (χ0n) is 12.9. The molecule has 3 nitrogen and oxygen atoms in total. The molecular formula is C20H18O3. The minimum Gasteiger partial charge on any atom is -0.504 e. The predicted octanol–water partition coefficient (Wildman–Crippen LogP) is 4.65. The van der Waals surface area contributed by atoms with Gasteiger partial charge in [-0.1, -0.05) is 54.6 Å². The highest BCUT2D eigenvalue weighted by Gasteiger charge is 2.09. The topological polar surface area (TPSA) is 38.7 Å². The highest BCUT2D eigenvalue weighted by atomic mass is 16.5. The SMILES string of the molecule is COc1cc(-c2ccccc2OCc2ccccc2)ccc1O. The van der Waals surface area contributed by atoms with E-state index in [-0.39, 0.29) is 5.75 Å². The van der Waals surface area contributed by atoms with Crippen LogP contribution < -0.4 is 9.47 Å². The van der Waals surface area contributed by atoms with E-state index >= 15 is 0 Å². The lowest BCUT2D eigenvalue weighted by Gasteiger charge is -2.13. The predicted molar refractivity (Wildman–Crippen MR) is 90.9 cm³/mol. The van der Waals surface area contributed by atoms with Crippen LogP contribution in [0.5, 0.6) is 17.2 Å². The van der Waals surface area contributed by atoms with Gasteiger partial charge in [-0.05, 0) is 29.3 Å². The maximum absolute atomic E-state index is 9.75. The molecule has 0 aliphatic heterocycles. The molecule has 0 unspecified atom stereocenters. The number of aromatic hydroxyl groups is 1. The molecule has 0 radical (unpaired) electrons. The van der Waals surface area contributed by atoms with Crippen LogP contribution in [0.3, 0.4) is 0 Å². The smallest absolute Gasteiger partial charge is 0.161 e. The second-order valence-electron chi connectivity index (χ2n) is 5.16. The number of methoxy groups -OCH3 is 1. The van der Waals surface area contributed by atoms with Gasteiger partial charge in [0.05, 0.1) is 7.11 Å². The van der Waals surface area contributed by atoms with Gasteiger partial charge < -0.3 is 14.6 Å². The first-order valence-corrected chi connectivity index (χ1v) is 7.41. The van der Waals surface area contributed by atoms with E-state index in [1.54, 1.807) is 12.1 Å². The second-order valence-corrected chi connectivity index (χ2v) is 5.16. The number of phenolic OH excluding ortho intramolecular Hbond substituents is 1. The first kappa shape index (κ1) is 15.0. The Morgan fingerprint density at radius 3 is 2.35 bits per heavy atom. The van der Waals surface area contributed by atoms with Crippen molar-refractivity contribution in [3.8, 4) is 28.4 Å². The van der Waals surface area contributed by atoms with Crippen LogP contribution in [0.4, 0.5) is 0 Å². The van der Waals surface area contributed by atoms with Crippen LogP contribution in [0.2, 0.25) is 0 Å². The standard InChI is InChI=1S/C20H18O3/c1-22-20-13-16(11-12-18(20)21)17-9-5-6-10-19(17)23-14-15-7-3-2-4-8-15/h2-13,21H,14H2,1H3. The number of phenols is 1. The van der Waals surface area contributed by atoms with Crippen molar-refractivity contribution in [1.82, 2.24) is 0 Å². The van der Waals surface area contributed by atoms with Gasteiger partial charge in [0, 0.05) is 5.56 Å². The van der Waals surface area contributed by atoms with E-state index in [2.05, 4.69) is 0 Å². The van der Waals surface area contributed by atoms with Gasteiger partial charge >= 0.3 is 0 Å². The highest BCUT2D eigenvalue weighted by molar-refractivity contribution is 5.72. The van der Waals surface area contributed by atoms with Crippen LogP contribution >= 0.6 is 0 Å². The molecule has 116 valence electrons. The van der Waals surface area contributed by atoms with Crippen molar-refractivity contribution in [3.05, 3.63) is 78.4 Å². The lowest BCUT2D eigenvalue weighted by molar-refractivity contribution is 0.307. The summed E-state index contributed by atoms with van der Waals surface area (Å²) in [4.78, 5) is 0. The third-order valence-electron chi connectivity index (χ3n) is 3.61. The molecule has 3 rings (SSSR count). The molecule has 0 aliphatic carbocycles. The van der Waals surface area contributed by atoms with Crippen LogP contribution in [0.25, 0.3) is 11.1 Å². The van der Waals surface area contributed by atoms with Crippen molar-refractivity contribution in [2.24, 2.45) is 0 Å². The number of rotatable bonds is 5. The van der Waals surface area contributed by atoms with Crippen molar-refractivity contribution in [2.75, 3.05) is 7.11 Å². The monoisotopic (exact) mass is 306 g/mol. The maximum atomic E-state index is 9.75. The Kier molecular flexibility index (Phi) is 4.48. The lowest BCUT2D eigenvalue weighted by atomic mass is 10.0. The van der Waals surface area contributed by atoms with E-state index in [4.69, 9.17) is 9.47 Å². The number of hydrogen-bond acceptors (Lipinski definition) is 3. The van der Waals surface area contributed by atoms with Crippen molar-refractivity contribution < 1.29 is 14.6 Å². The number of para-hydroxylation sites is 1. The average Bonchev–Trinajstić information content (AvgIpc) is 2.61. The van der Waals surface area contributed by atoms with Crippen LogP contribution in [0, 0.1) is 0 Å². The molecule has 0 bridgehead atoms. The van der Waals surface area contributed by atoms with Gasteiger partial charge in [0.1, 0.15) is 12.4 Å². The summed E-state index contributed by atoms with van der Waals surface area (Å²) in [6.45, 7) is 0.507. The average molecular weight is 306 g/mol. The Morgan fingerprint density at radius 2 is 1.57 bits per heavy atom. The van der Waals surface area contributed by atoms with Crippen LogP contribution in [0.1, 0.15) is 5.56 Å². The summed E-state index contributed by atoms with van der Waals surface area (Å²) in [6, 6.07) is 23.2. The van der Waals surface area contributed by atoms with E-state index in [9.17, 15) is 5.11 Å². The number of hydrogen-bond donors (Lipinski definition) is 1. The van der Waals surface area contributed by atoms with Gasteiger partial charge in [-0.3, -0.25) is 0 Å². The summed E-state index contributed by atoms with van der Waals surface area (Å²) in [5, 5.41) is 9.75. The molecule has 3 aromatic carbocycles. The fourth-order valence-corrected chi connectivity index (χ4v) is 2.41. The molecule has 3 aromatic rings. The second kappa shape index (κ2) is 6.88. The quantitative estimate of drug-likeness (QED) is 0.746. The van der Waals surface area contributed by atoms with Crippen molar-refractivity contribution in [2.45, 2.75) is 6.61 Å². The van der Waals surface area contributed by atoms with Crippen LogP contribution in [-0.4, -0.2) is 12.2 Å². The van der Waals surface area contributed by atoms with Gasteiger partial charge in [-0.25, -0.2) is 0 Å². The Hall–Kier alpha value is -2.94. The van der Waals surface area contributed by atoms with E-state index in [0.717, 1.165) is 22.4 Å². The van der Waals surface area contributed by atoms with Gasteiger partial charge in [-0.2, -0.15) is 0 Å². The Balaban J connectivity index is 1.88. The van der Waals surface area contributed by atoms with Crippen molar-refractivity contribution >= 4 is 0 Å². The lowest BCUT2D eigenvalue weighted by Crippen LogP contribution is -1.96. The molecular weight excluding hydrogens is 288 g/mol. The summed E-state index contributed by atoms with van der Waals surface area (Å²) in [5.41, 5.74) is 3.01. The van der Waals surface area contributed by atoms with E-state index in [1.807, 2.05) is 60.7 Å². The molecule has 0 spiro atoms. The largest absolute Gasteiger partial charge is 0.504 e. The normalized spacial score (nSPS) is 10.3. The first-order chi connectivity index (χ1) is 11.3. The van der Waals surface area contributed by atoms with Crippen molar-refractivity contribution in [1.29, 1.82) is 0 Å². The molecule has 0 aliphatic rings. The van der Waals surface area contributed by atoms with Gasteiger partial charge in [0.15, 0.2) is 11.5 Å². The summed E-state index contributed by atoms with van der Waals surface area (Å²) < 4.78 is 11.2. The summed E-state index contributed by atoms with van der Waals surface area (Å²) in [6.07, 6.45) is 0. The molecule has 0 atom stereocenters. The number of benzene rings is 3. The van der Waals surface area contributed by atoms with Crippen LogP contribution in [-0.2, 0) is 6.61 Å². The Labute approximate surface area is 135 Å². The molecule has 0 fully saturated rings. The van der Waals surface area contributed by atoms with Gasteiger partial charge in [0.2, 0.25) is 0 Å². The Morgan fingerprint density at radius 1 is 0.826 bits per heavy atom. The molecule has 1 N–H and O–H groups in total.